The number of rotatable bonds is 8. The Balaban J connectivity index is 1.51. The average Bonchev–Trinajstić information content (AvgIpc) is 2.76. The standard InChI is InChI=1S/C23H24F3NO3/c24-23(25,26)21-5-2-1-4-18(21)8-11-22(28)19-6-9-20(10-7-19)30-15-3-12-27-13-16-29-17-14-27/h1-2,4-11H,3,12-17H2/b11-8+. The average molecular weight is 419 g/mol. The van der Waals surface area contributed by atoms with Crippen LogP contribution in [0.25, 0.3) is 6.08 Å². The van der Waals surface area contributed by atoms with Gasteiger partial charge in [-0.05, 0) is 48.4 Å². The van der Waals surface area contributed by atoms with Crippen molar-refractivity contribution in [1.82, 2.24) is 4.90 Å². The van der Waals surface area contributed by atoms with Crippen LogP contribution in [0.2, 0.25) is 0 Å². The van der Waals surface area contributed by atoms with Gasteiger partial charge in [-0.25, -0.2) is 0 Å². The Hall–Kier alpha value is -2.64. The number of carbonyl (C=O) groups excluding carboxylic acids is 1. The first-order valence-corrected chi connectivity index (χ1v) is 9.85. The third-order valence-electron chi connectivity index (χ3n) is 4.81. The van der Waals surface area contributed by atoms with E-state index < -0.39 is 11.7 Å². The fraction of sp³-hybridized carbons (Fsp3) is 0.348. The second kappa shape index (κ2) is 10.4. The summed E-state index contributed by atoms with van der Waals surface area (Å²) in [5, 5.41) is 0. The van der Waals surface area contributed by atoms with E-state index in [1.165, 1.54) is 24.3 Å². The van der Waals surface area contributed by atoms with E-state index in [0.717, 1.165) is 51.4 Å². The van der Waals surface area contributed by atoms with Crippen molar-refractivity contribution < 1.29 is 27.4 Å². The van der Waals surface area contributed by atoms with E-state index in [2.05, 4.69) is 4.90 Å². The summed E-state index contributed by atoms with van der Waals surface area (Å²) in [5.74, 6) is 0.283. The molecule has 30 heavy (non-hydrogen) atoms. The molecule has 0 radical (unpaired) electrons. The van der Waals surface area contributed by atoms with Gasteiger partial charge in [0.15, 0.2) is 5.78 Å². The van der Waals surface area contributed by atoms with E-state index in [1.807, 2.05) is 0 Å². The van der Waals surface area contributed by atoms with Crippen molar-refractivity contribution >= 4 is 11.9 Å². The number of carbonyl (C=O) groups is 1. The monoisotopic (exact) mass is 419 g/mol. The Labute approximate surface area is 173 Å². The first-order chi connectivity index (χ1) is 14.4. The van der Waals surface area contributed by atoms with Crippen LogP contribution in [0, 0.1) is 0 Å². The maximum atomic E-state index is 13.0. The van der Waals surface area contributed by atoms with Crippen molar-refractivity contribution in [2.45, 2.75) is 12.6 Å². The Bertz CT molecular complexity index is 857. The summed E-state index contributed by atoms with van der Waals surface area (Å²) in [6, 6.07) is 11.8. The number of halogens is 3. The molecule has 1 aliphatic heterocycles. The highest BCUT2D eigenvalue weighted by Gasteiger charge is 2.32. The molecule has 0 unspecified atom stereocenters. The van der Waals surface area contributed by atoms with Gasteiger partial charge in [-0.3, -0.25) is 9.69 Å². The third kappa shape index (κ3) is 6.43. The van der Waals surface area contributed by atoms with Crippen LogP contribution in [0.1, 0.15) is 27.9 Å². The van der Waals surface area contributed by atoms with Gasteiger partial charge in [0, 0.05) is 25.2 Å². The van der Waals surface area contributed by atoms with Crippen LogP contribution in [0.15, 0.2) is 54.6 Å². The van der Waals surface area contributed by atoms with E-state index in [9.17, 15) is 18.0 Å². The Morgan fingerprint density at radius 2 is 1.77 bits per heavy atom. The fourth-order valence-corrected chi connectivity index (χ4v) is 3.18. The minimum Gasteiger partial charge on any atom is -0.494 e. The molecule has 0 spiro atoms. The first-order valence-electron chi connectivity index (χ1n) is 9.85. The fourth-order valence-electron chi connectivity index (χ4n) is 3.18. The largest absolute Gasteiger partial charge is 0.494 e. The van der Waals surface area contributed by atoms with Gasteiger partial charge >= 0.3 is 6.18 Å². The minimum absolute atomic E-state index is 0.0430. The lowest BCUT2D eigenvalue weighted by Crippen LogP contribution is -2.37. The third-order valence-corrected chi connectivity index (χ3v) is 4.81. The number of hydrogen-bond acceptors (Lipinski definition) is 4. The van der Waals surface area contributed by atoms with Crippen molar-refractivity contribution in [3.63, 3.8) is 0 Å². The predicted molar refractivity (Wildman–Crippen MR) is 109 cm³/mol. The van der Waals surface area contributed by atoms with Crippen molar-refractivity contribution in [3.8, 4) is 5.75 Å². The second-order valence-corrected chi connectivity index (χ2v) is 6.96. The maximum Gasteiger partial charge on any atom is 0.416 e. The van der Waals surface area contributed by atoms with Gasteiger partial charge in [0.25, 0.3) is 0 Å². The lowest BCUT2D eigenvalue weighted by molar-refractivity contribution is -0.137. The summed E-state index contributed by atoms with van der Waals surface area (Å²) in [6.45, 7) is 4.94. The normalized spacial score (nSPS) is 15.4. The van der Waals surface area contributed by atoms with Crippen molar-refractivity contribution in [2.75, 3.05) is 39.5 Å². The number of alkyl halides is 3. The SMILES string of the molecule is O=C(/C=C/c1ccccc1C(F)(F)F)c1ccc(OCCCN2CCOCC2)cc1. The molecule has 1 saturated heterocycles. The summed E-state index contributed by atoms with van der Waals surface area (Å²) < 4.78 is 50.1. The molecule has 3 rings (SSSR count). The Kier molecular flexibility index (Phi) is 7.65. The smallest absolute Gasteiger partial charge is 0.416 e. The van der Waals surface area contributed by atoms with Crippen LogP contribution in [0.4, 0.5) is 13.2 Å². The molecule has 0 bridgehead atoms. The number of allylic oxidation sites excluding steroid dienone is 1. The van der Waals surface area contributed by atoms with Gasteiger partial charge in [-0.1, -0.05) is 24.3 Å². The molecule has 1 aliphatic rings. The van der Waals surface area contributed by atoms with Crippen molar-refractivity contribution in [3.05, 3.63) is 71.3 Å². The maximum absolute atomic E-state index is 13.0. The molecule has 160 valence electrons. The van der Waals surface area contributed by atoms with Gasteiger partial charge in [0.2, 0.25) is 0 Å². The van der Waals surface area contributed by atoms with Crippen LogP contribution in [-0.4, -0.2) is 50.1 Å². The molecule has 4 nitrogen and oxygen atoms in total. The van der Waals surface area contributed by atoms with Crippen LogP contribution in [0.3, 0.4) is 0 Å². The molecule has 7 heteroatoms. The lowest BCUT2D eigenvalue weighted by atomic mass is 10.0. The quantitative estimate of drug-likeness (QED) is 0.353. The number of hydrogen-bond donors (Lipinski definition) is 0. The zero-order chi connectivity index (χ0) is 21.4. The van der Waals surface area contributed by atoms with E-state index in [-0.39, 0.29) is 11.3 Å². The highest BCUT2D eigenvalue weighted by atomic mass is 19.4. The second-order valence-electron chi connectivity index (χ2n) is 6.96. The molecule has 0 aliphatic carbocycles. The van der Waals surface area contributed by atoms with Crippen molar-refractivity contribution in [2.24, 2.45) is 0 Å². The first kappa shape index (κ1) is 22.1. The molecule has 1 fully saturated rings. The van der Waals surface area contributed by atoms with Gasteiger partial charge in [0.1, 0.15) is 5.75 Å². The Morgan fingerprint density at radius 1 is 1.07 bits per heavy atom. The topological polar surface area (TPSA) is 38.8 Å². The minimum atomic E-state index is -4.47. The van der Waals surface area contributed by atoms with Crippen LogP contribution in [0.5, 0.6) is 5.75 Å². The van der Waals surface area contributed by atoms with Gasteiger partial charge < -0.3 is 9.47 Å². The molecule has 2 aromatic rings. The summed E-state index contributed by atoms with van der Waals surface area (Å²) in [4.78, 5) is 14.6. The summed E-state index contributed by atoms with van der Waals surface area (Å²) >= 11 is 0. The van der Waals surface area contributed by atoms with Crippen molar-refractivity contribution in [1.29, 1.82) is 0 Å². The summed E-state index contributed by atoms with van der Waals surface area (Å²) in [6.07, 6.45) is -1.23. The summed E-state index contributed by atoms with van der Waals surface area (Å²) in [7, 11) is 0. The lowest BCUT2D eigenvalue weighted by Gasteiger charge is -2.26. The van der Waals surface area contributed by atoms with Crippen LogP contribution < -0.4 is 4.74 Å². The molecule has 2 aromatic carbocycles. The number of benzene rings is 2. The van der Waals surface area contributed by atoms with Gasteiger partial charge in [0.05, 0.1) is 25.4 Å². The molecule has 0 aromatic heterocycles. The van der Waals surface area contributed by atoms with Gasteiger partial charge in [-0.15, -0.1) is 0 Å². The predicted octanol–water partition coefficient (Wildman–Crippen LogP) is 4.70. The number of ether oxygens (including phenoxy) is 2. The van der Waals surface area contributed by atoms with Gasteiger partial charge in [-0.2, -0.15) is 13.2 Å². The summed E-state index contributed by atoms with van der Waals surface area (Å²) in [5.41, 5.74) is -0.426. The van der Waals surface area contributed by atoms with E-state index in [1.54, 1.807) is 24.3 Å². The van der Waals surface area contributed by atoms with Crippen LogP contribution >= 0.6 is 0 Å². The molecule has 1 heterocycles. The molecule has 0 atom stereocenters. The van der Waals surface area contributed by atoms with E-state index in [0.29, 0.717) is 17.9 Å². The number of nitrogens with zero attached hydrogens (tertiary/aromatic N) is 1. The molecular weight excluding hydrogens is 395 g/mol. The number of morpholine rings is 1. The molecule has 0 saturated carbocycles. The highest BCUT2D eigenvalue weighted by Crippen LogP contribution is 2.32. The van der Waals surface area contributed by atoms with Crippen LogP contribution in [-0.2, 0) is 10.9 Å². The number of ketones is 1. The Morgan fingerprint density at radius 3 is 2.47 bits per heavy atom. The molecule has 0 amide bonds. The zero-order valence-corrected chi connectivity index (χ0v) is 16.5. The molecular formula is C23H24F3NO3. The van der Waals surface area contributed by atoms with E-state index in [4.69, 9.17) is 9.47 Å². The van der Waals surface area contributed by atoms with E-state index >= 15 is 0 Å². The molecule has 0 N–H and O–H groups in total. The zero-order valence-electron chi connectivity index (χ0n) is 16.5. The highest BCUT2D eigenvalue weighted by molar-refractivity contribution is 6.06.